The summed E-state index contributed by atoms with van der Waals surface area (Å²) in [6.07, 6.45) is 0. The van der Waals surface area contributed by atoms with E-state index in [1.807, 2.05) is 13.8 Å². The molecule has 21 heavy (non-hydrogen) atoms. The fourth-order valence-electron chi connectivity index (χ4n) is 1.68. The van der Waals surface area contributed by atoms with Gasteiger partial charge in [0.15, 0.2) is 0 Å². The lowest BCUT2D eigenvalue weighted by Gasteiger charge is -2.22. The first kappa shape index (κ1) is 17.6. The number of carboxylic acids is 1. The van der Waals surface area contributed by atoms with Gasteiger partial charge in [-0.2, -0.15) is 4.31 Å². The molecule has 0 spiro atoms. The van der Waals surface area contributed by atoms with Crippen molar-refractivity contribution in [3.8, 4) is 0 Å². The van der Waals surface area contributed by atoms with E-state index < -0.39 is 16.0 Å². The van der Waals surface area contributed by atoms with Crippen LogP contribution in [0, 0.1) is 0 Å². The number of nitrogens with zero attached hydrogens (tertiary/aromatic N) is 2. The quantitative estimate of drug-likeness (QED) is 0.800. The lowest BCUT2D eigenvalue weighted by atomic mass is 10.4. The minimum absolute atomic E-state index is 0.0583. The smallest absolute Gasteiger partial charge is 0.345 e. The Balaban J connectivity index is 2.91. The summed E-state index contributed by atoms with van der Waals surface area (Å²) in [7, 11) is -2.55. The topological polar surface area (TPSA) is 95.0 Å². The van der Waals surface area contributed by atoms with Crippen LogP contribution in [0.2, 0.25) is 0 Å². The van der Waals surface area contributed by atoms with Crippen LogP contribution in [0.4, 0.5) is 0 Å². The first-order chi connectivity index (χ1) is 9.73. The van der Waals surface area contributed by atoms with Crippen molar-refractivity contribution in [2.24, 2.45) is 0 Å². The highest BCUT2D eigenvalue weighted by Crippen LogP contribution is 2.24. The van der Waals surface area contributed by atoms with E-state index in [9.17, 15) is 18.0 Å². The van der Waals surface area contributed by atoms with E-state index in [2.05, 4.69) is 0 Å². The molecule has 0 atom stereocenters. The summed E-state index contributed by atoms with van der Waals surface area (Å²) in [5, 5.41) is 8.83. The second-order valence-corrected chi connectivity index (χ2v) is 7.61. The average Bonchev–Trinajstić information content (AvgIpc) is 2.90. The predicted molar refractivity (Wildman–Crippen MR) is 79.0 cm³/mol. The maximum Gasteiger partial charge on any atom is 0.345 e. The van der Waals surface area contributed by atoms with Crippen LogP contribution in [-0.2, 0) is 14.8 Å². The third kappa shape index (κ3) is 4.02. The zero-order chi connectivity index (χ0) is 16.2. The van der Waals surface area contributed by atoms with Gasteiger partial charge in [-0.3, -0.25) is 4.79 Å². The van der Waals surface area contributed by atoms with Crippen LogP contribution in [0.25, 0.3) is 0 Å². The Hall–Kier alpha value is -1.45. The number of amides is 1. The third-order valence-electron chi connectivity index (χ3n) is 2.93. The highest BCUT2D eigenvalue weighted by Gasteiger charge is 2.26. The minimum Gasteiger partial charge on any atom is -0.477 e. The van der Waals surface area contributed by atoms with Gasteiger partial charge in [0.2, 0.25) is 5.91 Å². The highest BCUT2D eigenvalue weighted by atomic mass is 32.2. The molecule has 118 valence electrons. The van der Waals surface area contributed by atoms with Crippen molar-refractivity contribution in [1.82, 2.24) is 9.21 Å². The van der Waals surface area contributed by atoms with Crippen molar-refractivity contribution in [1.29, 1.82) is 0 Å². The molecular formula is C12H18N2O5S2. The van der Waals surface area contributed by atoms with Gasteiger partial charge in [-0.25, -0.2) is 13.2 Å². The summed E-state index contributed by atoms with van der Waals surface area (Å²) < 4.78 is 25.4. The van der Waals surface area contributed by atoms with Crippen LogP contribution in [-0.4, -0.2) is 61.3 Å². The molecular weight excluding hydrogens is 316 g/mol. The lowest BCUT2D eigenvalue weighted by molar-refractivity contribution is -0.130. The monoisotopic (exact) mass is 334 g/mol. The van der Waals surface area contributed by atoms with Crippen LogP contribution >= 0.6 is 11.3 Å². The fraction of sp³-hybridized carbons (Fsp3) is 0.500. The summed E-state index contributed by atoms with van der Waals surface area (Å²) >= 11 is 0.669. The fourth-order valence-corrected chi connectivity index (χ4v) is 4.16. The maximum absolute atomic E-state index is 12.3. The normalized spacial score (nSPS) is 11.6. The molecule has 0 aliphatic rings. The summed E-state index contributed by atoms with van der Waals surface area (Å²) in [6.45, 7) is 4.36. The largest absolute Gasteiger partial charge is 0.477 e. The summed E-state index contributed by atoms with van der Waals surface area (Å²) in [4.78, 5) is 24.2. The van der Waals surface area contributed by atoms with Gasteiger partial charge in [-0.15, -0.1) is 11.3 Å². The molecule has 1 amide bonds. The van der Waals surface area contributed by atoms with Crippen molar-refractivity contribution in [3.63, 3.8) is 0 Å². The molecule has 1 aromatic rings. The first-order valence-corrected chi connectivity index (χ1v) is 8.56. The van der Waals surface area contributed by atoms with Gasteiger partial charge in [-0.05, 0) is 26.0 Å². The number of hydrogen-bond acceptors (Lipinski definition) is 5. The van der Waals surface area contributed by atoms with Crippen molar-refractivity contribution >= 4 is 33.2 Å². The first-order valence-electron chi connectivity index (χ1n) is 6.31. The van der Waals surface area contributed by atoms with Gasteiger partial charge >= 0.3 is 5.97 Å². The zero-order valence-electron chi connectivity index (χ0n) is 12.1. The SMILES string of the molecule is CCN(CC)C(=O)CN(C)S(=O)(=O)c1ccc(C(=O)O)s1. The second-order valence-electron chi connectivity index (χ2n) is 4.25. The summed E-state index contributed by atoms with van der Waals surface area (Å²) in [5.74, 6) is -1.47. The number of aromatic carboxylic acids is 1. The van der Waals surface area contributed by atoms with Crippen molar-refractivity contribution < 1.29 is 23.1 Å². The number of carboxylic acid groups (broad SMARTS) is 1. The number of likely N-dealkylation sites (N-methyl/N-ethyl adjacent to an activating group) is 2. The van der Waals surface area contributed by atoms with Gasteiger partial charge in [0.1, 0.15) is 9.09 Å². The van der Waals surface area contributed by atoms with Crippen molar-refractivity contribution in [3.05, 3.63) is 17.0 Å². The van der Waals surface area contributed by atoms with Crippen LogP contribution in [0.1, 0.15) is 23.5 Å². The number of carbonyl (C=O) groups excluding carboxylic acids is 1. The molecule has 1 aromatic heterocycles. The molecule has 7 nitrogen and oxygen atoms in total. The molecule has 0 saturated heterocycles. The predicted octanol–water partition coefficient (Wildman–Crippen LogP) is 0.935. The van der Waals surface area contributed by atoms with Crippen molar-refractivity contribution in [2.75, 3.05) is 26.7 Å². The standard InChI is InChI=1S/C12H18N2O5S2/c1-4-14(5-2)10(15)8-13(3)21(18,19)11-7-6-9(20-11)12(16)17/h6-7H,4-5,8H2,1-3H3,(H,16,17). The highest BCUT2D eigenvalue weighted by molar-refractivity contribution is 7.91. The molecule has 0 bridgehead atoms. The Morgan fingerprint density at radius 1 is 1.24 bits per heavy atom. The van der Waals surface area contributed by atoms with Gasteiger partial charge in [-0.1, -0.05) is 0 Å². The van der Waals surface area contributed by atoms with Crippen molar-refractivity contribution in [2.45, 2.75) is 18.1 Å². The van der Waals surface area contributed by atoms with Crippen LogP contribution < -0.4 is 0 Å². The van der Waals surface area contributed by atoms with Crippen LogP contribution in [0.3, 0.4) is 0 Å². The Labute approximate surface area is 127 Å². The number of rotatable bonds is 7. The van der Waals surface area contributed by atoms with E-state index in [0.29, 0.717) is 24.4 Å². The molecule has 0 aliphatic heterocycles. The molecule has 1 rings (SSSR count). The molecule has 0 radical (unpaired) electrons. The summed E-state index contributed by atoms with van der Waals surface area (Å²) in [5.41, 5.74) is 0. The second kappa shape index (κ2) is 7.01. The van der Waals surface area contributed by atoms with E-state index >= 15 is 0 Å². The Morgan fingerprint density at radius 3 is 2.24 bits per heavy atom. The molecule has 1 heterocycles. The molecule has 0 saturated carbocycles. The molecule has 0 aliphatic carbocycles. The van der Waals surface area contributed by atoms with E-state index in [4.69, 9.17) is 5.11 Å². The summed E-state index contributed by atoms with van der Waals surface area (Å²) in [6, 6.07) is 2.47. The van der Waals surface area contributed by atoms with E-state index in [1.54, 1.807) is 0 Å². The molecule has 0 unspecified atom stereocenters. The maximum atomic E-state index is 12.3. The van der Waals surface area contributed by atoms with Crippen LogP contribution in [0.5, 0.6) is 0 Å². The van der Waals surface area contributed by atoms with Gasteiger partial charge < -0.3 is 10.0 Å². The van der Waals surface area contributed by atoms with E-state index in [0.717, 1.165) is 4.31 Å². The lowest BCUT2D eigenvalue weighted by Crippen LogP contribution is -2.40. The number of carbonyl (C=O) groups is 2. The minimum atomic E-state index is -3.86. The number of thiophene rings is 1. The zero-order valence-corrected chi connectivity index (χ0v) is 13.7. The molecule has 1 N–H and O–H groups in total. The number of hydrogen-bond donors (Lipinski definition) is 1. The molecule has 0 aromatic carbocycles. The molecule has 9 heteroatoms. The van der Waals surface area contributed by atoms with E-state index in [-0.39, 0.29) is 21.5 Å². The Bertz CT molecular complexity index is 619. The van der Waals surface area contributed by atoms with Gasteiger partial charge in [0.25, 0.3) is 10.0 Å². The van der Waals surface area contributed by atoms with Gasteiger partial charge in [0, 0.05) is 20.1 Å². The van der Waals surface area contributed by atoms with Crippen LogP contribution in [0.15, 0.2) is 16.3 Å². The van der Waals surface area contributed by atoms with Gasteiger partial charge in [0.05, 0.1) is 6.54 Å². The van der Waals surface area contributed by atoms with E-state index in [1.165, 1.54) is 24.1 Å². The third-order valence-corrected chi connectivity index (χ3v) is 6.27. The Morgan fingerprint density at radius 2 is 1.81 bits per heavy atom. The molecule has 0 fully saturated rings. The Kier molecular flexibility index (Phi) is 5.87. The average molecular weight is 334 g/mol. The number of sulfonamides is 1.